The lowest BCUT2D eigenvalue weighted by Crippen LogP contribution is -2.62. The van der Waals surface area contributed by atoms with Gasteiger partial charge in [0.15, 0.2) is 0 Å². The molecule has 6 heteroatoms. The standard InChI is InChI=1S/C72H65BN4O/c1-69(2,3)43-20-25-47(26-21-43)75(48-27-22-44(23-28-48)70(4,5)6)50-29-31-57-61(40-50)76(49-30-33-64-53(39-49)51-16-13-14-19-63(51)78-64)62-35-42(41-74)34-55-65-56-38-46(72(10,11)12)37-54-52-36-45(71(7,8)9)24-32-59(52)77(68(54)56)60-18-15-17-58(66(60)65)73(57)67(55)62/h13-40,65H,1-12H3/i13D,14D,15D,16D,17D,18D,19D,20D,21D,22D,23D,24D,25D,26D,27D,28D,29D,30D,31D,32D,33D,34D,35D,36D,37D,38D,39D,40D. The predicted octanol–water partition coefficient (Wildman–Crippen LogP) is 17.3. The number of fused-ring (bicyclic) bond motifs is 12. The Kier molecular flexibility index (Phi) is 5.64. The summed E-state index contributed by atoms with van der Waals surface area (Å²) in [6, 6.07) is -20.2. The van der Waals surface area contributed by atoms with E-state index in [1.165, 1.54) is 4.57 Å². The Balaban J connectivity index is 1.29. The minimum Gasteiger partial charge on any atom is -0.456 e. The van der Waals surface area contributed by atoms with E-state index < -0.39 is 264 Å². The fraction of sp³-hybridized carbons (Fsp3) is 0.236. The van der Waals surface area contributed by atoms with Crippen molar-refractivity contribution in [2.45, 2.75) is 111 Å². The smallest absolute Gasteiger partial charge is 0.247 e. The van der Waals surface area contributed by atoms with Gasteiger partial charge in [-0.2, -0.15) is 5.26 Å². The van der Waals surface area contributed by atoms with Gasteiger partial charge in [0.2, 0.25) is 6.71 Å². The van der Waals surface area contributed by atoms with E-state index in [9.17, 15) is 39.5 Å². The minimum absolute atomic E-state index is 0.0331. The van der Waals surface area contributed by atoms with E-state index in [4.69, 9.17) is 8.53 Å². The molecule has 11 aromatic rings. The molecule has 14 rings (SSSR count). The van der Waals surface area contributed by atoms with E-state index in [0.29, 0.717) is 4.90 Å². The molecule has 5 heterocycles. The van der Waals surface area contributed by atoms with Crippen LogP contribution in [0.5, 0.6) is 0 Å². The summed E-state index contributed by atoms with van der Waals surface area (Å²) in [5, 5.41) is 10.5. The highest BCUT2D eigenvalue weighted by Gasteiger charge is 2.47. The average molecular weight is 1040 g/mol. The third-order valence-corrected chi connectivity index (χ3v) is 14.8. The summed E-state index contributed by atoms with van der Waals surface area (Å²) in [6.07, 6.45) is 0. The van der Waals surface area contributed by atoms with Gasteiger partial charge < -0.3 is 18.8 Å². The van der Waals surface area contributed by atoms with Crippen molar-refractivity contribution >= 4 is 101 Å². The van der Waals surface area contributed by atoms with Gasteiger partial charge in [-0.3, -0.25) is 0 Å². The van der Waals surface area contributed by atoms with Gasteiger partial charge in [-0.1, -0.05) is 161 Å². The van der Waals surface area contributed by atoms with E-state index in [2.05, 4.69) is 0 Å². The molecule has 1 atom stereocenters. The van der Waals surface area contributed by atoms with Crippen LogP contribution in [0.15, 0.2) is 174 Å². The number of hydrogen-bond acceptors (Lipinski definition) is 4. The molecular formula is C72H65BN4O. The summed E-state index contributed by atoms with van der Waals surface area (Å²) in [5.74, 6) is -1.77. The van der Waals surface area contributed by atoms with Gasteiger partial charge in [0.1, 0.15) is 11.2 Å². The summed E-state index contributed by atoms with van der Waals surface area (Å²) < 4.78 is 287. The van der Waals surface area contributed by atoms with Gasteiger partial charge in [0.05, 0.1) is 61.0 Å². The van der Waals surface area contributed by atoms with Crippen molar-refractivity contribution in [3.8, 4) is 11.8 Å². The number of para-hydroxylation sites is 1. The first-order chi connectivity index (χ1) is 48.9. The number of benzene rings is 9. The second kappa shape index (κ2) is 16.4. The number of hydrogen-bond donors (Lipinski definition) is 0. The Labute approximate surface area is 498 Å². The minimum atomic E-state index is -2.05. The lowest BCUT2D eigenvalue weighted by Gasteiger charge is -2.45. The molecular weight excluding hydrogens is 948 g/mol. The largest absolute Gasteiger partial charge is 0.456 e. The van der Waals surface area contributed by atoms with Gasteiger partial charge >= 0.3 is 0 Å². The van der Waals surface area contributed by atoms with Crippen molar-refractivity contribution in [1.82, 2.24) is 4.57 Å². The van der Waals surface area contributed by atoms with Crippen molar-refractivity contribution in [3.05, 3.63) is 214 Å². The molecule has 3 aliphatic rings. The van der Waals surface area contributed by atoms with E-state index in [-0.39, 0.29) is 84.0 Å². The van der Waals surface area contributed by atoms with Crippen molar-refractivity contribution in [2.24, 2.45) is 0 Å². The highest BCUT2D eigenvalue weighted by atomic mass is 16.3. The lowest BCUT2D eigenvalue weighted by molar-refractivity contribution is 0.589. The zero-order chi connectivity index (χ0) is 78.5. The van der Waals surface area contributed by atoms with Crippen molar-refractivity contribution in [1.29, 1.82) is 5.26 Å². The maximum atomic E-state index is 11.7. The molecule has 0 N–H and O–H groups in total. The second-order valence-electron chi connectivity index (χ2n) is 24.2. The third kappa shape index (κ3) is 7.13. The van der Waals surface area contributed by atoms with Gasteiger partial charge in [-0.15, -0.1) is 0 Å². The number of anilines is 6. The molecule has 382 valence electrons. The second-order valence-corrected chi connectivity index (χ2v) is 24.2. The topological polar surface area (TPSA) is 48.3 Å². The Morgan fingerprint density at radius 1 is 0.500 bits per heavy atom. The maximum absolute atomic E-state index is 11.7. The number of rotatable bonds is 4. The van der Waals surface area contributed by atoms with Crippen LogP contribution in [-0.4, -0.2) is 11.3 Å². The fourth-order valence-corrected chi connectivity index (χ4v) is 10.8. The zero-order valence-electron chi connectivity index (χ0n) is 72.9. The lowest BCUT2D eigenvalue weighted by atomic mass is 9.31. The molecule has 0 saturated heterocycles. The zero-order valence-corrected chi connectivity index (χ0v) is 44.9. The highest BCUT2D eigenvalue weighted by Crippen LogP contribution is 2.53. The molecule has 0 saturated carbocycles. The Hall–Kier alpha value is -8.27. The van der Waals surface area contributed by atoms with Crippen LogP contribution in [-0.2, 0) is 21.7 Å². The van der Waals surface area contributed by atoms with Crippen LogP contribution in [0, 0.1) is 11.3 Å². The average Bonchev–Trinajstić information content (AvgIpc) is 1.20. The van der Waals surface area contributed by atoms with Crippen LogP contribution in [0.4, 0.5) is 34.1 Å². The van der Waals surface area contributed by atoms with Crippen LogP contribution >= 0.6 is 0 Å². The molecule has 0 aliphatic carbocycles. The van der Waals surface area contributed by atoms with Crippen LogP contribution in [0.3, 0.4) is 0 Å². The molecule has 0 spiro atoms. The van der Waals surface area contributed by atoms with E-state index >= 15 is 0 Å². The van der Waals surface area contributed by atoms with E-state index in [1.807, 2.05) is 6.07 Å². The number of nitriles is 1. The molecule has 78 heavy (non-hydrogen) atoms. The molecule has 0 fully saturated rings. The van der Waals surface area contributed by atoms with Crippen molar-refractivity contribution < 1.29 is 42.8 Å². The molecule has 3 aliphatic heterocycles. The number of aromatic nitrogens is 1. The summed E-state index contributed by atoms with van der Waals surface area (Å²) >= 11 is 0. The molecule has 0 bridgehead atoms. The molecule has 9 aromatic carbocycles. The maximum Gasteiger partial charge on any atom is 0.247 e. The normalized spacial score (nSPS) is 19.8. The van der Waals surface area contributed by atoms with Crippen LogP contribution in [0.2, 0.25) is 0 Å². The van der Waals surface area contributed by atoms with Crippen molar-refractivity contribution in [2.75, 3.05) is 9.80 Å². The Morgan fingerprint density at radius 3 is 1.79 bits per heavy atom. The first-order valence-electron chi connectivity index (χ1n) is 39.6. The SMILES string of the molecule is [2H]c1c([2H])c2c3c(c1[2H])-n1c4c([2H])c([2H])c(C(C)(C)C)c([2H])c4c4c([2H])c(C(C)(C)C)c([2H])c(c41)C3c1c([2H])c(C#N)c([2H])c3c1B2c1c([2H])c([2H])c(N(c2c([2H])c([2H])c(C(C)(C)C)c([2H])c2[2H])c2c([2H])c([2H])c(C(C)(C)C)c([2H])c2[2H])c([2H])c1N3c1c([2H])c([2H])c2oc3c([2H])c([2H])c([2H])c([2H])c3c2c1[2H]. The Bertz CT molecular complexity index is 5960. The molecule has 0 radical (unpaired) electrons. The van der Waals surface area contributed by atoms with Crippen molar-refractivity contribution in [3.63, 3.8) is 0 Å². The summed E-state index contributed by atoms with van der Waals surface area (Å²) in [7, 11) is 0. The summed E-state index contributed by atoms with van der Waals surface area (Å²) in [6.45, 7) is 17.9. The molecule has 5 nitrogen and oxygen atoms in total. The number of furan rings is 1. The van der Waals surface area contributed by atoms with Gasteiger partial charge in [0, 0.05) is 67.3 Å². The van der Waals surface area contributed by atoms with Crippen LogP contribution < -0.4 is 26.2 Å². The molecule has 2 aromatic heterocycles. The summed E-state index contributed by atoms with van der Waals surface area (Å²) in [5.41, 5.74) is -14.8. The monoisotopic (exact) mass is 1040 g/mol. The fourth-order valence-electron chi connectivity index (χ4n) is 10.8. The van der Waals surface area contributed by atoms with Crippen LogP contribution in [0.25, 0.3) is 49.4 Å². The van der Waals surface area contributed by atoms with E-state index in [0.717, 1.165) is 4.90 Å². The van der Waals surface area contributed by atoms with Crippen LogP contribution in [0.1, 0.15) is 172 Å². The Morgan fingerprint density at radius 2 is 1.13 bits per heavy atom. The van der Waals surface area contributed by atoms with Gasteiger partial charge in [-0.25, -0.2) is 0 Å². The van der Waals surface area contributed by atoms with Gasteiger partial charge in [-0.05, 0) is 168 Å². The summed E-state index contributed by atoms with van der Waals surface area (Å²) in [4.78, 5) is 1.43. The first-order valence-corrected chi connectivity index (χ1v) is 25.6. The first kappa shape index (κ1) is 26.9. The van der Waals surface area contributed by atoms with Gasteiger partial charge in [0.25, 0.3) is 0 Å². The quantitative estimate of drug-likeness (QED) is 0.165. The predicted molar refractivity (Wildman–Crippen MR) is 329 cm³/mol. The molecule has 1 unspecified atom stereocenters. The molecule has 0 amide bonds. The van der Waals surface area contributed by atoms with E-state index in [1.54, 1.807) is 83.1 Å². The highest BCUT2D eigenvalue weighted by molar-refractivity contribution is 6.99. The third-order valence-electron chi connectivity index (χ3n) is 14.8. The number of nitrogens with zero attached hydrogens (tertiary/aromatic N) is 4.